The summed E-state index contributed by atoms with van der Waals surface area (Å²) in [5.74, 6) is -5.11. The first-order valence-corrected chi connectivity index (χ1v) is 12.4. The van der Waals surface area contributed by atoms with Crippen LogP contribution in [0.15, 0.2) is 24.3 Å². The maximum Gasteiger partial charge on any atom is 0.326 e. The van der Waals surface area contributed by atoms with E-state index >= 15 is 0 Å². The largest absolute Gasteiger partial charge is 0.493 e. The Balaban J connectivity index is 1.48. The van der Waals surface area contributed by atoms with E-state index in [0.717, 1.165) is 5.56 Å². The molecule has 1 aliphatic heterocycles. The van der Waals surface area contributed by atoms with Gasteiger partial charge in [0.25, 0.3) is 5.91 Å². The standard InChI is InChI=1S/C25H30N6O9/c26-25-30-20-15(22(36)31-25)11-14(27-20)6-3-12-1-4-13(5-2-12)21(35)29-17(24(39)40)7-9-18(32)28-16(23(37)38)8-10-19(33)34/h1-2,4-5,14,16-17H,3,6-11H2,(H,28,32)(H,29,35)(H,33,34)(H,37,38)(H,39,40)(H4,26,27,30,31,36)/t14?,16-,17-/m0/s1. The second kappa shape index (κ2) is 13.2. The fourth-order valence-electron chi connectivity index (χ4n) is 4.19. The molecule has 1 unspecified atom stereocenters. The number of hydrogen-bond acceptors (Lipinski definition) is 10. The van der Waals surface area contributed by atoms with E-state index in [1.807, 2.05) is 0 Å². The van der Waals surface area contributed by atoms with Gasteiger partial charge in [0.05, 0.1) is 5.56 Å². The normalized spacial score (nSPS) is 15.2. The molecule has 0 bridgehead atoms. The summed E-state index contributed by atoms with van der Waals surface area (Å²) in [6.45, 7) is 0. The number of hydrogen-bond donors (Lipinski definition) is 8. The third-order valence-corrected chi connectivity index (χ3v) is 6.34. The predicted octanol–water partition coefficient (Wildman–Crippen LogP) is 0.131. The van der Waals surface area contributed by atoms with Gasteiger partial charge in [-0.1, -0.05) is 12.1 Å². The summed E-state index contributed by atoms with van der Waals surface area (Å²) in [6.07, 6.45) is 0.377. The van der Waals surface area contributed by atoms with Crippen LogP contribution in [0.1, 0.15) is 53.6 Å². The highest BCUT2D eigenvalue weighted by Gasteiger charge is 2.27. The maximum absolute atomic E-state index is 12.6. The SMILES string of the molecule is Nc1nc(O)c2c(n1)NC(CCc1ccc(C(=O)N[C@@H](CCC(=O)N[C@@H](CCC(=O)O)C(=O)O)C(=O)O)cc1)C2. The number of anilines is 2. The molecule has 3 rings (SSSR count). The minimum absolute atomic E-state index is 0.0106. The van der Waals surface area contributed by atoms with E-state index in [1.165, 1.54) is 0 Å². The number of amides is 2. The molecule has 0 saturated heterocycles. The molecule has 0 fully saturated rings. The zero-order valence-corrected chi connectivity index (χ0v) is 21.3. The van der Waals surface area contributed by atoms with Crippen molar-refractivity contribution in [1.82, 2.24) is 20.6 Å². The van der Waals surface area contributed by atoms with Gasteiger partial charge in [-0.2, -0.15) is 9.97 Å². The van der Waals surface area contributed by atoms with E-state index in [0.29, 0.717) is 30.6 Å². The number of carboxylic acids is 3. The van der Waals surface area contributed by atoms with E-state index in [-0.39, 0.29) is 36.3 Å². The van der Waals surface area contributed by atoms with Crippen molar-refractivity contribution in [1.29, 1.82) is 0 Å². The monoisotopic (exact) mass is 558 g/mol. The van der Waals surface area contributed by atoms with Crippen LogP contribution < -0.4 is 21.7 Å². The summed E-state index contributed by atoms with van der Waals surface area (Å²) in [7, 11) is 0. The number of aliphatic carboxylic acids is 3. The van der Waals surface area contributed by atoms with Gasteiger partial charge in [-0.15, -0.1) is 0 Å². The van der Waals surface area contributed by atoms with Crippen molar-refractivity contribution in [3.63, 3.8) is 0 Å². The lowest BCUT2D eigenvalue weighted by Crippen LogP contribution is -2.44. The van der Waals surface area contributed by atoms with Gasteiger partial charge in [0, 0.05) is 30.9 Å². The quantitative estimate of drug-likeness (QED) is 0.154. The van der Waals surface area contributed by atoms with Crippen molar-refractivity contribution >= 4 is 41.5 Å². The minimum Gasteiger partial charge on any atom is -0.493 e. The number of nitrogens with zero attached hydrogens (tertiary/aromatic N) is 2. The van der Waals surface area contributed by atoms with Gasteiger partial charge >= 0.3 is 17.9 Å². The van der Waals surface area contributed by atoms with Gasteiger partial charge in [0.2, 0.25) is 17.7 Å². The Kier molecular flexibility index (Phi) is 9.78. The third kappa shape index (κ3) is 8.28. The molecule has 0 spiro atoms. The maximum atomic E-state index is 12.6. The lowest BCUT2D eigenvalue weighted by atomic mass is 10.0. The van der Waals surface area contributed by atoms with E-state index in [2.05, 4.69) is 25.9 Å². The zero-order valence-electron chi connectivity index (χ0n) is 21.3. The topological polar surface area (TPSA) is 254 Å². The molecule has 3 atom stereocenters. The van der Waals surface area contributed by atoms with Gasteiger partial charge in [0.15, 0.2) is 0 Å². The Morgan fingerprint density at radius 1 is 0.950 bits per heavy atom. The van der Waals surface area contributed by atoms with Gasteiger partial charge < -0.3 is 42.1 Å². The van der Waals surface area contributed by atoms with Gasteiger partial charge in [-0.05, 0) is 43.4 Å². The van der Waals surface area contributed by atoms with Crippen molar-refractivity contribution in [2.75, 3.05) is 11.1 Å². The van der Waals surface area contributed by atoms with Crippen LogP contribution in [0, 0.1) is 0 Å². The number of nitrogens with two attached hydrogens (primary N) is 1. The van der Waals surface area contributed by atoms with Crippen molar-refractivity contribution in [2.24, 2.45) is 0 Å². The number of nitrogen functional groups attached to an aromatic ring is 1. The van der Waals surface area contributed by atoms with Gasteiger partial charge in [-0.25, -0.2) is 9.59 Å². The molecule has 2 aromatic rings. The van der Waals surface area contributed by atoms with E-state index in [1.54, 1.807) is 24.3 Å². The minimum atomic E-state index is -1.43. The average Bonchev–Trinajstić information content (AvgIpc) is 3.30. The number of nitrogens with one attached hydrogen (secondary N) is 3. The average molecular weight is 559 g/mol. The molecule has 0 saturated carbocycles. The predicted molar refractivity (Wildman–Crippen MR) is 139 cm³/mol. The number of carbonyl (C=O) groups excluding carboxylic acids is 2. The van der Waals surface area contributed by atoms with Crippen LogP contribution in [-0.4, -0.2) is 78.2 Å². The Hall–Kier alpha value is -4.95. The fraction of sp³-hybridized carbons (Fsp3) is 0.400. The van der Waals surface area contributed by atoms with Crippen molar-refractivity contribution in [2.45, 2.75) is 63.1 Å². The van der Waals surface area contributed by atoms with Crippen LogP contribution >= 0.6 is 0 Å². The lowest BCUT2D eigenvalue weighted by molar-refractivity contribution is -0.143. The van der Waals surface area contributed by atoms with E-state index in [9.17, 15) is 34.2 Å². The molecule has 1 aromatic heterocycles. The number of aryl methyl sites for hydroxylation is 1. The van der Waals surface area contributed by atoms with E-state index < -0.39 is 54.6 Å². The number of rotatable bonds is 14. The molecule has 40 heavy (non-hydrogen) atoms. The van der Waals surface area contributed by atoms with Gasteiger partial charge in [-0.3, -0.25) is 14.4 Å². The lowest BCUT2D eigenvalue weighted by Gasteiger charge is -2.17. The van der Waals surface area contributed by atoms with Crippen LogP contribution in [0.4, 0.5) is 11.8 Å². The number of benzene rings is 1. The molecule has 2 amide bonds. The van der Waals surface area contributed by atoms with Crippen molar-refractivity contribution < 1.29 is 44.4 Å². The highest BCUT2D eigenvalue weighted by Crippen LogP contribution is 2.32. The summed E-state index contributed by atoms with van der Waals surface area (Å²) >= 11 is 0. The molecule has 214 valence electrons. The molecule has 1 aliphatic rings. The highest BCUT2D eigenvalue weighted by molar-refractivity contribution is 5.96. The molecule has 1 aromatic carbocycles. The molecular formula is C25H30N6O9. The van der Waals surface area contributed by atoms with Crippen molar-refractivity contribution in [3.05, 3.63) is 41.0 Å². The van der Waals surface area contributed by atoms with E-state index in [4.69, 9.17) is 15.9 Å². The Labute approximate surface area is 227 Å². The van der Waals surface area contributed by atoms with Crippen LogP contribution in [0.3, 0.4) is 0 Å². The number of carbonyl (C=O) groups is 5. The zero-order chi connectivity index (χ0) is 29.4. The number of carboxylic acid groups (broad SMARTS) is 3. The number of aromatic hydroxyl groups is 1. The van der Waals surface area contributed by atoms with Crippen molar-refractivity contribution in [3.8, 4) is 5.88 Å². The Bertz CT molecular complexity index is 1280. The molecule has 9 N–H and O–H groups in total. The smallest absolute Gasteiger partial charge is 0.326 e. The molecule has 0 aliphatic carbocycles. The number of fused-ring (bicyclic) bond motifs is 1. The van der Waals surface area contributed by atoms with Crippen LogP contribution in [0.25, 0.3) is 0 Å². The van der Waals surface area contributed by atoms with Crippen LogP contribution in [-0.2, 0) is 32.0 Å². The molecule has 0 radical (unpaired) electrons. The van der Waals surface area contributed by atoms with Gasteiger partial charge in [0.1, 0.15) is 17.9 Å². The summed E-state index contributed by atoms with van der Waals surface area (Å²) in [5.41, 5.74) is 7.30. The highest BCUT2D eigenvalue weighted by atomic mass is 16.4. The summed E-state index contributed by atoms with van der Waals surface area (Å²) in [5, 5.41) is 45.0. The first-order valence-electron chi connectivity index (χ1n) is 12.4. The molecular weight excluding hydrogens is 528 g/mol. The third-order valence-electron chi connectivity index (χ3n) is 6.34. The van der Waals surface area contributed by atoms with Crippen LogP contribution in [0.2, 0.25) is 0 Å². The number of aromatic nitrogens is 2. The molecule has 2 heterocycles. The van der Waals surface area contributed by atoms with Crippen LogP contribution in [0.5, 0.6) is 5.88 Å². The Morgan fingerprint density at radius 2 is 1.57 bits per heavy atom. The summed E-state index contributed by atoms with van der Waals surface area (Å²) < 4.78 is 0. The molecule has 15 nitrogen and oxygen atoms in total. The molecule has 15 heteroatoms. The first kappa shape index (κ1) is 29.6. The summed E-state index contributed by atoms with van der Waals surface area (Å²) in [4.78, 5) is 66.1. The fourth-order valence-corrected chi connectivity index (χ4v) is 4.19. The second-order valence-electron chi connectivity index (χ2n) is 9.31. The second-order valence-corrected chi connectivity index (χ2v) is 9.31. The first-order chi connectivity index (χ1) is 18.9. The summed E-state index contributed by atoms with van der Waals surface area (Å²) in [6, 6.07) is 3.73. The Morgan fingerprint density at radius 3 is 2.20 bits per heavy atom.